The second-order valence-corrected chi connectivity index (χ2v) is 4.57. The first-order valence-electron chi connectivity index (χ1n) is 6.48. The zero-order chi connectivity index (χ0) is 14.7. The molecule has 0 aliphatic carbocycles. The van der Waals surface area contributed by atoms with Crippen LogP contribution < -0.4 is 5.32 Å². The van der Waals surface area contributed by atoms with E-state index in [1.54, 1.807) is 35.0 Å². The number of Topliss-reactive ketones (excluding diaryl/α,β-unsaturated/α-hetero) is 1. The van der Waals surface area contributed by atoms with E-state index in [0.29, 0.717) is 16.9 Å². The van der Waals surface area contributed by atoms with Gasteiger partial charge in [-0.3, -0.25) is 14.3 Å². The van der Waals surface area contributed by atoms with Gasteiger partial charge >= 0.3 is 0 Å². The molecule has 1 amide bonds. The molecule has 0 aliphatic heterocycles. The summed E-state index contributed by atoms with van der Waals surface area (Å²) in [5, 5.41) is 6.98. The summed E-state index contributed by atoms with van der Waals surface area (Å²) in [7, 11) is 0. The Morgan fingerprint density at radius 1 is 1.25 bits per heavy atom. The molecule has 0 saturated heterocycles. The van der Waals surface area contributed by atoms with Crippen LogP contribution in [0.4, 0.5) is 5.69 Å². The first-order chi connectivity index (χ1) is 9.51. The third-order valence-corrected chi connectivity index (χ3v) is 3.06. The molecule has 1 N–H and O–H groups in total. The Morgan fingerprint density at radius 2 is 1.90 bits per heavy atom. The first-order valence-corrected chi connectivity index (χ1v) is 6.48. The smallest absolute Gasteiger partial charge is 0.276 e. The normalized spacial score (nSPS) is 10.3. The number of anilines is 1. The number of nitrogens with zero attached hydrogens (tertiary/aromatic N) is 2. The molecule has 0 saturated carbocycles. The van der Waals surface area contributed by atoms with Crippen molar-refractivity contribution < 1.29 is 9.59 Å². The Hall–Kier alpha value is -2.43. The molecular weight excluding hydrogens is 254 g/mol. The summed E-state index contributed by atoms with van der Waals surface area (Å²) in [6.07, 6.45) is 0. The van der Waals surface area contributed by atoms with Crippen molar-refractivity contribution in [2.45, 2.75) is 27.3 Å². The number of hydrogen-bond donors (Lipinski definition) is 1. The summed E-state index contributed by atoms with van der Waals surface area (Å²) in [4.78, 5) is 23.2. The number of aryl methyl sites for hydroxylation is 2. The van der Waals surface area contributed by atoms with Gasteiger partial charge in [0.1, 0.15) is 0 Å². The maximum Gasteiger partial charge on any atom is 0.276 e. The van der Waals surface area contributed by atoms with Crippen molar-refractivity contribution in [3.8, 4) is 0 Å². The van der Waals surface area contributed by atoms with Gasteiger partial charge in [0.25, 0.3) is 5.91 Å². The predicted molar refractivity (Wildman–Crippen MR) is 77.0 cm³/mol. The van der Waals surface area contributed by atoms with E-state index in [0.717, 1.165) is 12.2 Å². The topological polar surface area (TPSA) is 64.0 Å². The zero-order valence-corrected chi connectivity index (χ0v) is 11.8. The van der Waals surface area contributed by atoms with Gasteiger partial charge in [-0.15, -0.1) is 0 Å². The van der Waals surface area contributed by atoms with E-state index in [-0.39, 0.29) is 11.7 Å². The molecule has 1 heterocycles. The summed E-state index contributed by atoms with van der Waals surface area (Å²) in [6.45, 7) is 6.12. The highest BCUT2D eigenvalue weighted by atomic mass is 16.2. The lowest BCUT2D eigenvalue weighted by molar-refractivity contribution is 0.101. The number of amides is 1. The fourth-order valence-corrected chi connectivity index (χ4v) is 1.92. The van der Waals surface area contributed by atoms with Crippen LogP contribution in [0, 0.1) is 6.92 Å². The van der Waals surface area contributed by atoms with Crippen LogP contribution in [0.3, 0.4) is 0 Å². The van der Waals surface area contributed by atoms with Gasteiger partial charge in [-0.1, -0.05) is 0 Å². The highest BCUT2D eigenvalue weighted by molar-refractivity contribution is 6.03. The molecule has 0 atom stereocenters. The molecule has 2 aromatic rings. The third kappa shape index (κ3) is 2.93. The molecule has 0 bridgehead atoms. The van der Waals surface area contributed by atoms with Gasteiger partial charge in [0.05, 0.1) is 0 Å². The van der Waals surface area contributed by atoms with E-state index in [9.17, 15) is 9.59 Å². The van der Waals surface area contributed by atoms with Crippen LogP contribution in [0.2, 0.25) is 0 Å². The van der Waals surface area contributed by atoms with Crippen LogP contribution in [0.1, 0.15) is 40.4 Å². The Balaban J connectivity index is 2.12. The van der Waals surface area contributed by atoms with Crippen LogP contribution >= 0.6 is 0 Å². The molecule has 0 aliphatic rings. The van der Waals surface area contributed by atoms with Gasteiger partial charge in [-0.25, -0.2) is 0 Å². The number of rotatable bonds is 4. The van der Waals surface area contributed by atoms with E-state index in [2.05, 4.69) is 10.4 Å². The summed E-state index contributed by atoms with van der Waals surface area (Å²) < 4.78 is 1.77. The van der Waals surface area contributed by atoms with Gasteiger partial charge in [-0.05, 0) is 51.1 Å². The van der Waals surface area contributed by atoms with Crippen molar-refractivity contribution in [1.82, 2.24) is 9.78 Å². The molecule has 5 nitrogen and oxygen atoms in total. The average molecular weight is 271 g/mol. The zero-order valence-electron chi connectivity index (χ0n) is 11.8. The van der Waals surface area contributed by atoms with Crippen molar-refractivity contribution in [2.75, 3.05) is 5.32 Å². The minimum atomic E-state index is -0.254. The van der Waals surface area contributed by atoms with Crippen LogP contribution in [-0.2, 0) is 6.54 Å². The van der Waals surface area contributed by atoms with Crippen molar-refractivity contribution in [1.29, 1.82) is 0 Å². The number of nitrogens with one attached hydrogen (secondary N) is 1. The predicted octanol–water partition coefficient (Wildman–Crippen LogP) is 2.67. The minimum absolute atomic E-state index is 0.000176. The lowest BCUT2D eigenvalue weighted by Crippen LogP contribution is -2.13. The van der Waals surface area contributed by atoms with Crippen LogP contribution in [0.15, 0.2) is 30.3 Å². The Kier molecular flexibility index (Phi) is 3.98. The first kappa shape index (κ1) is 14.0. The Morgan fingerprint density at radius 3 is 2.40 bits per heavy atom. The van der Waals surface area contributed by atoms with E-state index >= 15 is 0 Å². The number of benzene rings is 1. The van der Waals surface area contributed by atoms with Gasteiger partial charge in [0, 0.05) is 23.5 Å². The van der Waals surface area contributed by atoms with Gasteiger partial charge in [0.2, 0.25) is 0 Å². The number of ketones is 1. The van der Waals surface area contributed by atoms with Crippen molar-refractivity contribution in [2.24, 2.45) is 0 Å². The van der Waals surface area contributed by atoms with E-state index in [1.807, 2.05) is 13.8 Å². The lowest BCUT2D eigenvalue weighted by Gasteiger charge is -2.03. The Bertz CT molecular complexity index is 642. The van der Waals surface area contributed by atoms with E-state index in [4.69, 9.17) is 0 Å². The van der Waals surface area contributed by atoms with E-state index in [1.165, 1.54) is 6.92 Å². The second-order valence-electron chi connectivity index (χ2n) is 4.57. The molecule has 0 spiro atoms. The van der Waals surface area contributed by atoms with Crippen molar-refractivity contribution in [3.63, 3.8) is 0 Å². The molecule has 20 heavy (non-hydrogen) atoms. The van der Waals surface area contributed by atoms with Crippen LogP contribution in [-0.4, -0.2) is 21.5 Å². The number of carbonyl (C=O) groups excluding carboxylic acids is 2. The molecule has 0 radical (unpaired) electrons. The van der Waals surface area contributed by atoms with Gasteiger partial charge in [0.15, 0.2) is 11.5 Å². The fourth-order valence-electron chi connectivity index (χ4n) is 1.92. The van der Waals surface area contributed by atoms with E-state index < -0.39 is 0 Å². The molecule has 0 fully saturated rings. The largest absolute Gasteiger partial charge is 0.321 e. The van der Waals surface area contributed by atoms with Crippen molar-refractivity contribution >= 4 is 17.4 Å². The maximum atomic E-state index is 12.1. The molecule has 2 rings (SSSR count). The van der Waals surface area contributed by atoms with Crippen LogP contribution in [0.5, 0.6) is 0 Å². The highest BCUT2D eigenvalue weighted by Gasteiger charge is 2.12. The maximum absolute atomic E-state index is 12.1. The molecule has 1 aromatic carbocycles. The molecule has 0 unspecified atom stereocenters. The SMILES string of the molecule is CCn1nc(C(=O)Nc2ccc(C(C)=O)cc2)cc1C. The molecule has 1 aromatic heterocycles. The monoisotopic (exact) mass is 271 g/mol. The average Bonchev–Trinajstić information content (AvgIpc) is 2.80. The van der Waals surface area contributed by atoms with Crippen LogP contribution in [0.25, 0.3) is 0 Å². The summed E-state index contributed by atoms with van der Waals surface area (Å²) in [6, 6.07) is 8.54. The lowest BCUT2D eigenvalue weighted by atomic mass is 10.1. The molecular formula is C15H17N3O2. The standard InChI is InChI=1S/C15H17N3O2/c1-4-18-10(2)9-14(17-18)15(20)16-13-7-5-12(6-8-13)11(3)19/h5-9H,4H2,1-3H3,(H,16,20). The number of hydrogen-bond acceptors (Lipinski definition) is 3. The Labute approximate surface area is 117 Å². The summed E-state index contributed by atoms with van der Waals surface area (Å²) in [5.41, 5.74) is 2.60. The molecule has 104 valence electrons. The van der Waals surface area contributed by atoms with Gasteiger partial charge < -0.3 is 5.32 Å². The van der Waals surface area contributed by atoms with Crippen molar-refractivity contribution in [3.05, 3.63) is 47.3 Å². The second kappa shape index (κ2) is 5.69. The quantitative estimate of drug-likeness (QED) is 0.869. The van der Waals surface area contributed by atoms with Gasteiger partial charge in [-0.2, -0.15) is 5.10 Å². The fraction of sp³-hybridized carbons (Fsp3) is 0.267. The minimum Gasteiger partial charge on any atom is -0.321 e. The number of aromatic nitrogens is 2. The summed E-state index contributed by atoms with van der Waals surface area (Å²) >= 11 is 0. The highest BCUT2D eigenvalue weighted by Crippen LogP contribution is 2.12. The number of carbonyl (C=O) groups is 2. The molecule has 5 heteroatoms. The summed E-state index contributed by atoms with van der Waals surface area (Å²) in [5.74, 6) is -0.254. The third-order valence-electron chi connectivity index (χ3n) is 3.06.